The Balaban J connectivity index is 1.23. The Bertz CT molecular complexity index is 3850. The van der Waals surface area contributed by atoms with Gasteiger partial charge in [-0.3, -0.25) is 0 Å². The molecule has 0 bridgehead atoms. The van der Waals surface area contributed by atoms with E-state index in [2.05, 4.69) is 30.3 Å². The van der Waals surface area contributed by atoms with Gasteiger partial charge >= 0.3 is 0 Å². The standard InChI is InChI=1S/C51H28BN3/c53-29-30-25-39-35-19-11-21-37-47(35)43(27-41-33-17-7-9-23-45(33)54(50(37)41)31-13-3-1-4-14-31)52-44-28-42-34-18-8-10-24-46(34)55(32-15-5-2-6-16-32)51(42)38-22-12-20-36(48(38)44)40(26-30)49(39)52/h1-28H/i1D,2D,3D,4D,5D,6D,13D,14D,15D,16D. The third-order valence-electron chi connectivity index (χ3n) is 11.9. The highest BCUT2D eigenvalue weighted by Gasteiger charge is 2.40. The zero-order chi connectivity index (χ0) is 44.6. The molecule has 0 N–H and O–H groups in total. The molecule has 0 aliphatic carbocycles. The Kier molecular flexibility index (Phi) is 4.05. The number of benzene rings is 9. The second-order valence-electron chi connectivity index (χ2n) is 14.4. The van der Waals surface area contributed by atoms with E-state index in [-0.39, 0.29) is 42.3 Å². The molecule has 0 amide bonds. The fourth-order valence-electron chi connectivity index (χ4n) is 9.96. The molecule has 0 radical (unpaired) electrons. The molecule has 4 heteroatoms. The quantitative estimate of drug-likeness (QED) is 0.165. The molecule has 55 heavy (non-hydrogen) atoms. The smallest absolute Gasteiger partial charge is 0.244 e. The van der Waals surface area contributed by atoms with E-state index in [0.717, 1.165) is 81.7 Å². The third kappa shape index (κ3) is 3.60. The fraction of sp³-hybridized carbons (Fsp3) is 0. The summed E-state index contributed by atoms with van der Waals surface area (Å²) in [6.45, 7) is -0.373. The number of hydrogen-bond acceptors (Lipinski definition) is 1. The van der Waals surface area contributed by atoms with Crippen LogP contribution in [0, 0.1) is 11.3 Å². The van der Waals surface area contributed by atoms with Crippen LogP contribution in [0.2, 0.25) is 0 Å². The first kappa shape index (κ1) is 21.4. The van der Waals surface area contributed by atoms with Gasteiger partial charge in [0, 0.05) is 43.7 Å². The van der Waals surface area contributed by atoms with Gasteiger partial charge in [-0.2, -0.15) is 5.26 Å². The van der Waals surface area contributed by atoms with Crippen LogP contribution in [-0.2, 0) is 0 Å². The third-order valence-corrected chi connectivity index (χ3v) is 11.9. The average Bonchev–Trinajstić information content (AvgIpc) is 3.84. The van der Waals surface area contributed by atoms with Crippen LogP contribution in [0.1, 0.15) is 19.3 Å². The SMILES string of the molecule is [2H]c1c([2H])c([2H])c(-n2c3ccccc3c3cc4c5c(cccc5c32)-c2cc(C#N)cc3c2B4c2cc4c5ccccc5n(-c5c([2H])c([2H])c([2H])c([2H])c5[2H])c4c4cccc-3c24)c([2H])c1[2H]. The molecule has 0 fully saturated rings. The highest BCUT2D eigenvalue weighted by Crippen LogP contribution is 2.45. The van der Waals surface area contributed by atoms with Crippen LogP contribution in [-0.4, -0.2) is 15.8 Å². The molecule has 0 saturated carbocycles. The maximum absolute atomic E-state index is 10.6. The summed E-state index contributed by atoms with van der Waals surface area (Å²) in [7, 11) is 0. The highest BCUT2D eigenvalue weighted by atomic mass is 15.0. The number of aromatic nitrogens is 2. The molecule has 0 spiro atoms. The summed E-state index contributed by atoms with van der Waals surface area (Å²) in [6.07, 6.45) is 0. The lowest BCUT2D eigenvalue weighted by Crippen LogP contribution is -2.57. The van der Waals surface area contributed by atoms with E-state index >= 15 is 0 Å². The first-order valence-electron chi connectivity index (χ1n) is 23.1. The van der Waals surface area contributed by atoms with Gasteiger partial charge in [0.2, 0.25) is 6.71 Å². The van der Waals surface area contributed by atoms with Gasteiger partial charge < -0.3 is 9.13 Å². The Labute approximate surface area is 330 Å². The van der Waals surface area contributed by atoms with Crippen molar-refractivity contribution in [1.82, 2.24) is 9.13 Å². The first-order valence-corrected chi connectivity index (χ1v) is 18.1. The minimum absolute atomic E-state index is 0.0578. The van der Waals surface area contributed by atoms with E-state index in [0.29, 0.717) is 27.6 Å². The van der Waals surface area contributed by atoms with Crippen LogP contribution >= 0.6 is 0 Å². The van der Waals surface area contributed by atoms with E-state index in [1.54, 1.807) is 0 Å². The van der Waals surface area contributed by atoms with Gasteiger partial charge in [-0.05, 0) is 81.5 Å². The molecule has 13 rings (SSSR count). The summed E-state index contributed by atoms with van der Waals surface area (Å²) in [5, 5.41) is 17.5. The van der Waals surface area contributed by atoms with Gasteiger partial charge in [0.05, 0.1) is 47.4 Å². The Morgan fingerprint density at radius 3 is 1.40 bits per heavy atom. The molecule has 2 aromatic heterocycles. The second-order valence-corrected chi connectivity index (χ2v) is 14.4. The largest absolute Gasteiger partial charge is 0.309 e. The highest BCUT2D eigenvalue weighted by molar-refractivity contribution is 7.01. The zero-order valence-corrected chi connectivity index (χ0v) is 28.8. The van der Waals surface area contributed by atoms with Crippen molar-refractivity contribution in [3.05, 3.63) is 175 Å². The maximum Gasteiger partial charge on any atom is 0.244 e. The molecular formula is C51H28BN3. The molecule has 3 nitrogen and oxygen atoms in total. The normalized spacial score (nSPS) is 15.2. The number of nitriles is 1. The Morgan fingerprint density at radius 1 is 0.473 bits per heavy atom. The topological polar surface area (TPSA) is 33.6 Å². The van der Waals surface area contributed by atoms with E-state index in [9.17, 15) is 5.26 Å². The van der Waals surface area contributed by atoms with E-state index < -0.39 is 36.3 Å². The van der Waals surface area contributed by atoms with Crippen molar-refractivity contribution in [2.24, 2.45) is 0 Å². The second kappa shape index (κ2) is 10.4. The average molecular weight is 704 g/mol. The molecule has 9 aromatic carbocycles. The zero-order valence-electron chi connectivity index (χ0n) is 38.8. The van der Waals surface area contributed by atoms with Gasteiger partial charge in [-0.15, -0.1) is 0 Å². The first-order chi connectivity index (χ1) is 31.4. The molecule has 4 heterocycles. The lowest BCUT2D eigenvalue weighted by molar-refractivity contribution is 1.19. The van der Waals surface area contributed by atoms with Crippen LogP contribution in [0.5, 0.6) is 0 Å². The predicted octanol–water partition coefficient (Wildman–Crippen LogP) is 10.5. The molecule has 0 saturated heterocycles. The summed E-state index contributed by atoms with van der Waals surface area (Å²) in [6, 6.07) is 34.5. The monoisotopic (exact) mass is 703 g/mol. The molecule has 250 valence electrons. The molecule has 2 aliphatic rings. The maximum atomic E-state index is 10.6. The van der Waals surface area contributed by atoms with Gasteiger partial charge in [-0.1, -0.05) is 138 Å². The number of fused-ring (bicyclic) bond motifs is 12. The van der Waals surface area contributed by atoms with Crippen LogP contribution in [0.3, 0.4) is 0 Å². The lowest BCUT2D eigenvalue weighted by atomic mass is 9.31. The van der Waals surface area contributed by atoms with Crippen molar-refractivity contribution >= 4 is 88.3 Å². The van der Waals surface area contributed by atoms with Crippen molar-refractivity contribution < 1.29 is 13.7 Å². The summed E-state index contributed by atoms with van der Waals surface area (Å²) in [4.78, 5) is 0. The molecule has 11 aromatic rings. The van der Waals surface area contributed by atoms with E-state index in [1.807, 2.05) is 94.1 Å². The van der Waals surface area contributed by atoms with Crippen molar-refractivity contribution in [1.29, 1.82) is 5.26 Å². The predicted molar refractivity (Wildman–Crippen MR) is 230 cm³/mol. The van der Waals surface area contributed by atoms with Crippen LogP contribution in [0.4, 0.5) is 0 Å². The van der Waals surface area contributed by atoms with Crippen molar-refractivity contribution in [3.63, 3.8) is 0 Å². The van der Waals surface area contributed by atoms with E-state index in [1.165, 1.54) is 0 Å². The van der Waals surface area contributed by atoms with Crippen molar-refractivity contribution in [2.45, 2.75) is 0 Å². The number of nitrogens with zero attached hydrogens (tertiary/aromatic N) is 3. The fourth-order valence-corrected chi connectivity index (χ4v) is 9.96. The minimum atomic E-state index is -0.466. The van der Waals surface area contributed by atoms with E-state index in [4.69, 9.17) is 13.7 Å². The van der Waals surface area contributed by atoms with Gasteiger partial charge in [0.15, 0.2) is 0 Å². The van der Waals surface area contributed by atoms with Gasteiger partial charge in [0.1, 0.15) is 0 Å². The summed E-state index contributed by atoms with van der Waals surface area (Å²) in [5.41, 5.74) is 10.1. The molecule has 0 atom stereocenters. The molecular weight excluding hydrogens is 665 g/mol. The summed E-state index contributed by atoms with van der Waals surface area (Å²) < 4.78 is 91.5. The van der Waals surface area contributed by atoms with Crippen molar-refractivity contribution in [2.75, 3.05) is 0 Å². The van der Waals surface area contributed by atoms with Crippen LogP contribution in [0.15, 0.2) is 170 Å². The van der Waals surface area contributed by atoms with Gasteiger partial charge in [0.25, 0.3) is 0 Å². The van der Waals surface area contributed by atoms with Crippen LogP contribution in [0.25, 0.3) is 98.8 Å². The Morgan fingerprint density at radius 2 is 0.927 bits per heavy atom. The Hall–Kier alpha value is -7.35. The lowest BCUT2D eigenvalue weighted by Gasteiger charge is -2.34. The summed E-state index contributed by atoms with van der Waals surface area (Å²) >= 11 is 0. The van der Waals surface area contributed by atoms with Crippen molar-refractivity contribution in [3.8, 4) is 39.7 Å². The van der Waals surface area contributed by atoms with Gasteiger partial charge in [-0.25, -0.2) is 0 Å². The number of hydrogen-bond donors (Lipinski definition) is 0. The number of para-hydroxylation sites is 4. The number of rotatable bonds is 2. The molecule has 0 unspecified atom stereocenters. The minimum Gasteiger partial charge on any atom is -0.309 e. The molecule has 2 aliphatic heterocycles. The summed E-state index contributed by atoms with van der Waals surface area (Å²) in [5.74, 6) is 0. The van der Waals surface area contributed by atoms with Crippen LogP contribution < -0.4 is 16.4 Å².